The number of hydrazone groups is 1. The number of carboxylic acids is 1. The van der Waals surface area contributed by atoms with Gasteiger partial charge >= 0.3 is 12.1 Å². The Morgan fingerprint density at radius 1 is 1.24 bits per heavy atom. The molecule has 206 valence electrons. The van der Waals surface area contributed by atoms with Crippen molar-refractivity contribution in [2.45, 2.75) is 51.9 Å². The summed E-state index contributed by atoms with van der Waals surface area (Å²) in [6, 6.07) is 7.44. The third-order valence-electron chi connectivity index (χ3n) is 6.87. The van der Waals surface area contributed by atoms with Gasteiger partial charge in [-0.1, -0.05) is 25.4 Å². The first-order valence-electron chi connectivity index (χ1n) is 12.4. The summed E-state index contributed by atoms with van der Waals surface area (Å²) in [7, 11) is 0. The quantitative estimate of drug-likeness (QED) is 0.451. The molecule has 12 heteroatoms. The van der Waals surface area contributed by atoms with Crippen molar-refractivity contribution in [3.8, 4) is 11.6 Å². The Hall–Kier alpha value is -3.21. The number of alkyl halides is 3. The molecule has 0 bridgehead atoms. The predicted molar refractivity (Wildman–Crippen MR) is 138 cm³/mol. The molecule has 1 N–H and O–H groups in total. The molecule has 1 fully saturated rings. The highest BCUT2D eigenvalue weighted by atomic mass is 35.5. The van der Waals surface area contributed by atoms with Crippen molar-refractivity contribution < 1.29 is 32.5 Å². The molecule has 0 radical (unpaired) electrons. The normalized spacial score (nSPS) is 23.8. The Balaban J connectivity index is 1.43. The van der Waals surface area contributed by atoms with Gasteiger partial charge in [0.25, 0.3) is 0 Å². The predicted octanol–water partition coefficient (Wildman–Crippen LogP) is 5.65. The van der Waals surface area contributed by atoms with Gasteiger partial charge in [0, 0.05) is 37.4 Å². The molecule has 1 aromatic carbocycles. The molecule has 0 unspecified atom stereocenters. The van der Waals surface area contributed by atoms with E-state index in [1.165, 1.54) is 6.92 Å². The lowest BCUT2D eigenvalue weighted by Gasteiger charge is -2.38. The first-order chi connectivity index (χ1) is 18.0. The van der Waals surface area contributed by atoms with Gasteiger partial charge in [0.2, 0.25) is 5.88 Å². The van der Waals surface area contributed by atoms with Crippen molar-refractivity contribution in [3.05, 3.63) is 41.6 Å². The molecule has 2 aliphatic rings. The number of nitrogens with zero attached hydrogens (tertiary/aromatic N) is 4. The lowest BCUT2D eigenvalue weighted by Crippen LogP contribution is -2.44. The van der Waals surface area contributed by atoms with Crippen LogP contribution in [0.1, 0.15) is 33.6 Å². The van der Waals surface area contributed by atoms with E-state index >= 15 is 0 Å². The zero-order valence-electron chi connectivity index (χ0n) is 21.3. The van der Waals surface area contributed by atoms with E-state index in [4.69, 9.17) is 21.1 Å². The summed E-state index contributed by atoms with van der Waals surface area (Å²) in [5.74, 6) is -1.02. The minimum atomic E-state index is -4.63. The number of carboxylic acid groups (broad SMARTS) is 1. The van der Waals surface area contributed by atoms with E-state index in [0.29, 0.717) is 42.0 Å². The summed E-state index contributed by atoms with van der Waals surface area (Å²) in [4.78, 5) is 17.7. The highest BCUT2D eigenvalue weighted by molar-refractivity contribution is 6.33. The van der Waals surface area contributed by atoms with Crippen molar-refractivity contribution in [2.75, 3.05) is 29.6 Å². The Bertz CT molecular complexity index is 1180. The van der Waals surface area contributed by atoms with E-state index in [1.54, 1.807) is 30.5 Å². The van der Waals surface area contributed by atoms with Crippen LogP contribution in [-0.2, 0) is 4.79 Å². The van der Waals surface area contributed by atoms with Gasteiger partial charge in [-0.2, -0.15) is 18.3 Å². The molecule has 4 atom stereocenters. The number of aliphatic carboxylic acids is 1. The number of carbonyl (C=O) groups is 1. The van der Waals surface area contributed by atoms with Crippen LogP contribution in [0.3, 0.4) is 0 Å². The van der Waals surface area contributed by atoms with Crippen LogP contribution in [-0.4, -0.2) is 59.8 Å². The molecular formula is C26H30ClF3N4O4. The van der Waals surface area contributed by atoms with Crippen LogP contribution in [0.2, 0.25) is 5.02 Å². The highest BCUT2D eigenvalue weighted by Crippen LogP contribution is 2.37. The van der Waals surface area contributed by atoms with Crippen LogP contribution < -0.4 is 19.4 Å². The van der Waals surface area contributed by atoms with Crippen molar-refractivity contribution >= 4 is 34.7 Å². The molecule has 0 aliphatic carbocycles. The van der Waals surface area contributed by atoms with E-state index in [1.807, 2.05) is 13.0 Å². The maximum absolute atomic E-state index is 13.4. The number of anilines is 2. The largest absolute Gasteiger partial charge is 0.490 e. The van der Waals surface area contributed by atoms with E-state index in [-0.39, 0.29) is 12.0 Å². The number of hydrogen-bond donors (Lipinski definition) is 1. The fraction of sp³-hybridized carbons (Fsp3) is 0.500. The van der Waals surface area contributed by atoms with Gasteiger partial charge in [0.05, 0.1) is 41.7 Å². The fourth-order valence-corrected chi connectivity index (χ4v) is 5.15. The lowest BCUT2D eigenvalue weighted by molar-refractivity contribution is -0.137. The standard InChI is InChI=1S/C26H30ClF3N4O4/c1-4-37-23-11-21(19(27)13-31-23)33-10-9-22(15(2)14-33)38-18-7-5-17(6-8-18)34-20(12-24(35)36)16(3)25(32-34)26(28,29)30/h5-8,11,13,15-16,20,22H,4,9-10,12,14H2,1-3H3,(H,35,36)/t15-,16-,20-,22-/m0/s1. The summed E-state index contributed by atoms with van der Waals surface area (Å²) >= 11 is 6.39. The molecule has 1 aromatic heterocycles. The summed E-state index contributed by atoms with van der Waals surface area (Å²) in [6.07, 6.45) is -2.86. The number of halogens is 4. The van der Waals surface area contributed by atoms with Gasteiger partial charge in [-0.3, -0.25) is 9.80 Å². The molecule has 38 heavy (non-hydrogen) atoms. The van der Waals surface area contributed by atoms with Gasteiger partial charge < -0.3 is 19.5 Å². The second kappa shape index (κ2) is 11.3. The highest BCUT2D eigenvalue weighted by Gasteiger charge is 2.48. The molecular weight excluding hydrogens is 525 g/mol. The third-order valence-corrected chi connectivity index (χ3v) is 7.16. The Morgan fingerprint density at radius 2 is 1.95 bits per heavy atom. The molecule has 8 nitrogen and oxygen atoms in total. The molecule has 2 aliphatic heterocycles. The van der Waals surface area contributed by atoms with Crippen molar-refractivity contribution in [1.82, 2.24) is 4.98 Å². The number of pyridine rings is 1. The topological polar surface area (TPSA) is 87.5 Å². The Kier molecular flexibility index (Phi) is 8.25. The summed E-state index contributed by atoms with van der Waals surface area (Å²) in [5.41, 5.74) is 0.247. The van der Waals surface area contributed by atoms with Crippen LogP contribution in [0.15, 0.2) is 41.6 Å². The number of hydrogen-bond acceptors (Lipinski definition) is 7. The van der Waals surface area contributed by atoms with Crippen LogP contribution in [0.4, 0.5) is 24.5 Å². The number of piperidine rings is 1. The summed E-state index contributed by atoms with van der Waals surface area (Å²) in [5, 5.41) is 14.7. The summed E-state index contributed by atoms with van der Waals surface area (Å²) in [6.45, 7) is 7.24. The van der Waals surface area contributed by atoms with Crippen LogP contribution in [0.5, 0.6) is 11.6 Å². The number of rotatable bonds is 8. The zero-order chi connectivity index (χ0) is 27.6. The van der Waals surface area contributed by atoms with E-state index < -0.39 is 36.2 Å². The molecule has 4 rings (SSSR count). The van der Waals surface area contributed by atoms with Gasteiger partial charge in [-0.15, -0.1) is 0 Å². The van der Waals surface area contributed by atoms with Gasteiger partial charge in [-0.25, -0.2) is 4.98 Å². The minimum Gasteiger partial charge on any atom is -0.490 e. The van der Waals surface area contributed by atoms with Gasteiger partial charge in [0.1, 0.15) is 17.6 Å². The molecule has 1 saturated heterocycles. The average Bonchev–Trinajstić information content (AvgIpc) is 3.18. The van der Waals surface area contributed by atoms with Crippen molar-refractivity contribution in [1.29, 1.82) is 0 Å². The lowest BCUT2D eigenvalue weighted by atomic mass is 9.94. The number of aromatic nitrogens is 1. The third kappa shape index (κ3) is 6.09. The number of benzene rings is 1. The summed E-state index contributed by atoms with van der Waals surface area (Å²) < 4.78 is 52.0. The maximum Gasteiger partial charge on any atom is 0.431 e. The maximum atomic E-state index is 13.4. The minimum absolute atomic E-state index is 0.0782. The van der Waals surface area contributed by atoms with E-state index in [0.717, 1.165) is 17.1 Å². The van der Waals surface area contributed by atoms with Gasteiger partial charge in [0.15, 0.2) is 0 Å². The van der Waals surface area contributed by atoms with Gasteiger partial charge in [-0.05, 0) is 31.2 Å². The monoisotopic (exact) mass is 554 g/mol. The molecule has 0 spiro atoms. The second-order valence-corrected chi connectivity index (χ2v) is 9.96. The van der Waals surface area contributed by atoms with Crippen LogP contribution in [0.25, 0.3) is 0 Å². The molecule has 0 amide bonds. The van der Waals surface area contributed by atoms with Crippen molar-refractivity contribution in [3.63, 3.8) is 0 Å². The SMILES string of the molecule is CCOc1cc(N2CC[C@H](Oc3ccc(N4N=C(C(F)(F)F)[C@@H](C)[C@@H]4CC(=O)O)cc3)[C@@H](C)C2)c(Cl)cn1. The first-order valence-corrected chi connectivity index (χ1v) is 12.8. The Morgan fingerprint density at radius 3 is 2.55 bits per heavy atom. The first kappa shape index (κ1) is 27.8. The van der Waals surface area contributed by atoms with Crippen LogP contribution in [0, 0.1) is 11.8 Å². The molecule has 2 aromatic rings. The van der Waals surface area contributed by atoms with E-state index in [2.05, 4.69) is 21.9 Å². The van der Waals surface area contributed by atoms with Crippen LogP contribution >= 0.6 is 11.6 Å². The fourth-order valence-electron chi connectivity index (χ4n) is 4.93. The van der Waals surface area contributed by atoms with E-state index in [9.17, 15) is 23.1 Å². The Labute approximate surface area is 224 Å². The molecule has 3 heterocycles. The zero-order valence-corrected chi connectivity index (χ0v) is 22.0. The van der Waals surface area contributed by atoms with Crippen molar-refractivity contribution in [2.24, 2.45) is 16.9 Å². The average molecular weight is 555 g/mol. The number of ether oxygens (including phenoxy) is 2. The smallest absolute Gasteiger partial charge is 0.431 e. The second-order valence-electron chi connectivity index (χ2n) is 9.55. The molecule has 0 saturated carbocycles.